The smallest absolute Gasteiger partial charge is 0.265 e. The number of amides is 1. The van der Waals surface area contributed by atoms with Gasteiger partial charge in [0.05, 0.1) is 14.2 Å². The van der Waals surface area contributed by atoms with Gasteiger partial charge in [0.2, 0.25) is 0 Å². The number of carbonyl (C=O) groups is 1. The number of fused-ring (bicyclic) bond motifs is 1. The minimum Gasteiger partial charge on any atom is -0.496 e. The van der Waals surface area contributed by atoms with Crippen molar-refractivity contribution in [2.75, 3.05) is 25.7 Å². The number of benzene rings is 2. The lowest BCUT2D eigenvalue weighted by Gasteiger charge is -2.22. The molecule has 24 heavy (non-hydrogen) atoms. The number of hydrogen-bond acceptors (Lipinski definition) is 4. The van der Waals surface area contributed by atoms with Crippen LogP contribution in [0.1, 0.15) is 12.5 Å². The Kier molecular flexibility index (Phi) is 4.60. The second-order valence-electron chi connectivity index (χ2n) is 5.78. The lowest BCUT2D eigenvalue weighted by molar-refractivity contribution is -0.120. The van der Waals surface area contributed by atoms with Gasteiger partial charge in [0.15, 0.2) is 6.61 Å². The minimum atomic E-state index is -0.0609. The number of carbonyl (C=O) groups excluding carboxylic acids is 1. The molecule has 0 fully saturated rings. The molecule has 5 nitrogen and oxygen atoms in total. The van der Waals surface area contributed by atoms with Gasteiger partial charge in [-0.05, 0) is 25.0 Å². The Morgan fingerprint density at radius 1 is 1.08 bits per heavy atom. The summed E-state index contributed by atoms with van der Waals surface area (Å²) in [6.07, 6.45) is 0.870. The van der Waals surface area contributed by atoms with Crippen LogP contribution in [0.15, 0.2) is 42.5 Å². The van der Waals surface area contributed by atoms with Gasteiger partial charge in [0.1, 0.15) is 17.2 Å². The first-order valence-electron chi connectivity index (χ1n) is 7.88. The van der Waals surface area contributed by atoms with Crippen LogP contribution in [-0.4, -0.2) is 32.8 Å². The van der Waals surface area contributed by atoms with Gasteiger partial charge in [0, 0.05) is 29.9 Å². The molecule has 1 heterocycles. The van der Waals surface area contributed by atoms with Crippen molar-refractivity contribution in [1.29, 1.82) is 0 Å². The number of anilines is 1. The Morgan fingerprint density at radius 2 is 1.71 bits per heavy atom. The maximum Gasteiger partial charge on any atom is 0.265 e. The monoisotopic (exact) mass is 327 g/mol. The Hall–Kier alpha value is -2.69. The van der Waals surface area contributed by atoms with Crippen LogP contribution in [0.2, 0.25) is 0 Å². The standard InChI is InChI=1S/C19H21NO4/c1-13-8-14-6-4-5-7-18(14)20(13)19(21)12-24-17-10-15(22-2)9-16(11-17)23-3/h4-7,9-11,13H,8,12H2,1-3H3. The van der Waals surface area contributed by atoms with E-state index in [2.05, 4.69) is 6.07 Å². The molecule has 0 N–H and O–H groups in total. The van der Waals surface area contributed by atoms with Crippen LogP contribution in [0.3, 0.4) is 0 Å². The fourth-order valence-electron chi connectivity index (χ4n) is 3.02. The molecule has 0 bridgehead atoms. The van der Waals surface area contributed by atoms with E-state index in [-0.39, 0.29) is 18.6 Å². The molecule has 1 amide bonds. The largest absolute Gasteiger partial charge is 0.496 e. The van der Waals surface area contributed by atoms with Crippen LogP contribution >= 0.6 is 0 Å². The first-order valence-corrected chi connectivity index (χ1v) is 7.88. The average molecular weight is 327 g/mol. The van der Waals surface area contributed by atoms with Crippen molar-refractivity contribution in [1.82, 2.24) is 0 Å². The van der Waals surface area contributed by atoms with Gasteiger partial charge in [-0.15, -0.1) is 0 Å². The van der Waals surface area contributed by atoms with Gasteiger partial charge in [0.25, 0.3) is 5.91 Å². The van der Waals surface area contributed by atoms with E-state index in [0.717, 1.165) is 12.1 Å². The Labute approximate surface area is 141 Å². The second-order valence-corrected chi connectivity index (χ2v) is 5.78. The molecule has 0 spiro atoms. The zero-order valence-electron chi connectivity index (χ0n) is 14.1. The highest BCUT2D eigenvalue weighted by molar-refractivity contribution is 5.97. The maximum absolute atomic E-state index is 12.6. The lowest BCUT2D eigenvalue weighted by Crippen LogP contribution is -2.39. The van der Waals surface area contributed by atoms with Crippen molar-refractivity contribution in [2.24, 2.45) is 0 Å². The first-order chi connectivity index (χ1) is 11.6. The highest BCUT2D eigenvalue weighted by Crippen LogP contribution is 2.32. The molecule has 1 aliphatic rings. The van der Waals surface area contributed by atoms with E-state index in [0.29, 0.717) is 17.2 Å². The third-order valence-electron chi connectivity index (χ3n) is 4.16. The third kappa shape index (κ3) is 3.15. The van der Waals surface area contributed by atoms with Gasteiger partial charge >= 0.3 is 0 Å². The number of ether oxygens (including phenoxy) is 3. The minimum absolute atomic E-state index is 0.0327. The Bertz CT molecular complexity index is 722. The summed E-state index contributed by atoms with van der Waals surface area (Å²) in [5.41, 5.74) is 2.17. The van der Waals surface area contributed by atoms with E-state index in [9.17, 15) is 4.79 Å². The molecule has 5 heteroatoms. The molecule has 0 aliphatic carbocycles. The molecule has 126 valence electrons. The van der Waals surface area contributed by atoms with Crippen molar-refractivity contribution in [3.63, 3.8) is 0 Å². The number of para-hydroxylation sites is 1. The van der Waals surface area contributed by atoms with E-state index in [1.165, 1.54) is 5.56 Å². The predicted molar refractivity (Wildman–Crippen MR) is 92.1 cm³/mol. The highest BCUT2D eigenvalue weighted by Gasteiger charge is 2.30. The topological polar surface area (TPSA) is 48.0 Å². The van der Waals surface area contributed by atoms with E-state index in [4.69, 9.17) is 14.2 Å². The van der Waals surface area contributed by atoms with E-state index < -0.39 is 0 Å². The molecule has 1 atom stereocenters. The van der Waals surface area contributed by atoms with Crippen molar-refractivity contribution in [3.05, 3.63) is 48.0 Å². The molecule has 2 aromatic rings. The van der Waals surface area contributed by atoms with E-state index in [1.54, 1.807) is 32.4 Å². The zero-order valence-corrected chi connectivity index (χ0v) is 14.1. The molecule has 0 saturated carbocycles. The molecular weight excluding hydrogens is 306 g/mol. The van der Waals surface area contributed by atoms with Crippen molar-refractivity contribution >= 4 is 11.6 Å². The fourth-order valence-corrected chi connectivity index (χ4v) is 3.02. The first kappa shape index (κ1) is 16.2. The summed E-state index contributed by atoms with van der Waals surface area (Å²) < 4.78 is 16.1. The summed E-state index contributed by atoms with van der Waals surface area (Å²) in [6, 6.07) is 13.3. The molecule has 0 saturated heterocycles. The molecule has 1 aliphatic heterocycles. The van der Waals surface area contributed by atoms with Crippen molar-refractivity contribution < 1.29 is 19.0 Å². The van der Waals surface area contributed by atoms with Crippen molar-refractivity contribution in [2.45, 2.75) is 19.4 Å². The summed E-state index contributed by atoms with van der Waals surface area (Å²) in [5, 5.41) is 0. The summed E-state index contributed by atoms with van der Waals surface area (Å²) >= 11 is 0. The zero-order chi connectivity index (χ0) is 17.1. The molecular formula is C19H21NO4. The molecule has 2 aromatic carbocycles. The normalized spacial score (nSPS) is 15.8. The van der Waals surface area contributed by atoms with Gasteiger partial charge in [-0.1, -0.05) is 18.2 Å². The molecule has 3 rings (SSSR count). The quantitative estimate of drug-likeness (QED) is 0.847. The Balaban J connectivity index is 1.72. The summed E-state index contributed by atoms with van der Waals surface area (Å²) in [5.74, 6) is 1.72. The average Bonchev–Trinajstić information content (AvgIpc) is 2.95. The van der Waals surface area contributed by atoms with Crippen LogP contribution in [0.25, 0.3) is 0 Å². The number of methoxy groups -OCH3 is 2. The Morgan fingerprint density at radius 3 is 2.38 bits per heavy atom. The summed E-state index contributed by atoms with van der Waals surface area (Å²) in [4.78, 5) is 14.5. The molecule has 1 unspecified atom stereocenters. The van der Waals surface area contributed by atoms with Crippen LogP contribution < -0.4 is 19.1 Å². The van der Waals surface area contributed by atoms with Gasteiger partial charge in [-0.2, -0.15) is 0 Å². The van der Waals surface area contributed by atoms with Gasteiger partial charge < -0.3 is 19.1 Å². The molecule has 0 radical (unpaired) electrons. The van der Waals surface area contributed by atoms with E-state index in [1.807, 2.05) is 30.0 Å². The van der Waals surface area contributed by atoms with Crippen molar-refractivity contribution in [3.8, 4) is 17.2 Å². The number of nitrogens with zero attached hydrogens (tertiary/aromatic N) is 1. The fraction of sp³-hybridized carbons (Fsp3) is 0.316. The van der Waals surface area contributed by atoms with Gasteiger partial charge in [-0.25, -0.2) is 0 Å². The predicted octanol–water partition coefficient (Wildman–Crippen LogP) is 3.06. The second kappa shape index (κ2) is 6.83. The number of hydrogen-bond donors (Lipinski definition) is 0. The summed E-state index contributed by atoms with van der Waals surface area (Å²) in [7, 11) is 3.15. The van der Waals surface area contributed by atoms with Crippen LogP contribution in [-0.2, 0) is 11.2 Å². The summed E-state index contributed by atoms with van der Waals surface area (Å²) in [6.45, 7) is 2.02. The lowest BCUT2D eigenvalue weighted by atomic mass is 10.1. The highest BCUT2D eigenvalue weighted by atomic mass is 16.5. The van der Waals surface area contributed by atoms with Crippen LogP contribution in [0.4, 0.5) is 5.69 Å². The van der Waals surface area contributed by atoms with Crippen LogP contribution in [0, 0.1) is 0 Å². The SMILES string of the molecule is COc1cc(OC)cc(OCC(=O)N2c3ccccc3CC2C)c1. The van der Waals surface area contributed by atoms with Crippen LogP contribution in [0.5, 0.6) is 17.2 Å². The van der Waals surface area contributed by atoms with E-state index >= 15 is 0 Å². The third-order valence-corrected chi connectivity index (χ3v) is 4.16. The number of rotatable bonds is 5. The van der Waals surface area contributed by atoms with Gasteiger partial charge in [-0.3, -0.25) is 4.79 Å². The molecule has 0 aromatic heterocycles. The maximum atomic E-state index is 12.6.